The summed E-state index contributed by atoms with van der Waals surface area (Å²) in [4.78, 5) is 0. The highest BCUT2D eigenvalue weighted by molar-refractivity contribution is 9.10. The molecular weight excluding hydrogens is 292 g/mol. The molecule has 1 aromatic rings. The van der Waals surface area contributed by atoms with Crippen molar-refractivity contribution in [2.45, 2.75) is 32.2 Å². The molecule has 1 saturated heterocycles. The van der Waals surface area contributed by atoms with Gasteiger partial charge in [-0.1, -0.05) is 34.1 Å². The average Bonchev–Trinajstić information content (AvgIpc) is 2.41. The Bertz CT molecular complexity index is 391. The van der Waals surface area contributed by atoms with Crippen LogP contribution in [0.3, 0.4) is 0 Å². The molecule has 1 aliphatic heterocycles. The molecule has 1 unspecified atom stereocenters. The number of benzene rings is 1. The van der Waals surface area contributed by atoms with Crippen molar-refractivity contribution in [3.05, 3.63) is 33.8 Å². The van der Waals surface area contributed by atoms with E-state index in [1.807, 2.05) is 0 Å². The second-order valence-corrected chi connectivity index (χ2v) is 5.78. The van der Waals surface area contributed by atoms with E-state index >= 15 is 0 Å². The average molecular weight is 313 g/mol. The summed E-state index contributed by atoms with van der Waals surface area (Å²) in [5.74, 6) is 6.44. The van der Waals surface area contributed by atoms with Crippen molar-refractivity contribution in [1.29, 1.82) is 0 Å². The Morgan fingerprint density at radius 3 is 2.83 bits per heavy atom. The number of ether oxygens (including phenoxy) is 1. The number of nitrogens with two attached hydrogens (primary N) is 1. The lowest BCUT2D eigenvalue weighted by molar-refractivity contribution is 0.0605. The smallest absolute Gasteiger partial charge is 0.0473 e. The van der Waals surface area contributed by atoms with Crippen molar-refractivity contribution in [2.75, 3.05) is 13.2 Å². The molecule has 1 aliphatic rings. The summed E-state index contributed by atoms with van der Waals surface area (Å²) in [6.07, 6.45) is 3.35. The molecule has 0 amide bonds. The zero-order valence-electron chi connectivity index (χ0n) is 10.8. The fourth-order valence-electron chi connectivity index (χ4n) is 2.54. The second-order valence-electron chi connectivity index (χ2n) is 4.99. The van der Waals surface area contributed by atoms with Crippen LogP contribution in [-0.4, -0.2) is 13.2 Å². The van der Waals surface area contributed by atoms with Gasteiger partial charge in [-0.3, -0.25) is 11.3 Å². The first kappa shape index (κ1) is 14.0. The molecule has 0 spiro atoms. The van der Waals surface area contributed by atoms with E-state index in [1.54, 1.807) is 0 Å². The van der Waals surface area contributed by atoms with Gasteiger partial charge < -0.3 is 4.74 Å². The Hall–Kier alpha value is -0.420. The predicted octanol–water partition coefficient (Wildman–Crippen LogP) is 3.08. The van der Waals surface area contributed by atoms with E-state index in [-0.39, 0.29) is 6.04 Å². The maximum Gasteiger partial charge on any atom is 0.0473 e. The van der Waals surface area contributed by atoms with E-state index in [0.717, 1.165) is 32.5 Å². The maximum atomic E-state index is 5.74. The number of halogens is 1. The summed E-state index contributed by atoms with van der Waals surface area (Å²) >= 11 is 3.67. The van der Waals surface area contributed by atoms with Gasteiger partial charge in [0.1, 0.15) is 0 Å². The molecular formula is C14H21BrN2O. The highest BCUT2D eigenvalue weighted by atomic mass is 79.9. The van der Waals surface area contributed by atoms with Crippen LogP contribution in [0, 0.1) is 12.8 Å². The molecule has 3 N–H and O–H groups in total. The topological polar surface area (TPSA) is 47.3 Å². The van der Waals surface area contributed by atoms with Gasteiger partial charge in [0.2, 0.25) is 0 Å². The fraction of sp³-hybridized carbons (Fsp3) is 0.571. The fourth-order valence-corrected chi connectivity index (χ4v) is 3.08. The largest absolute Gasteiger partial charge is 0.381 e. The van der Waals surface area contributed by atoms with Crippen LogP contribution in [0.25, 0.3) is 0 Å². The van der Waals surface area contributed by atoms with Gasteiger partial charge >= 0.3 is 0 Å². The zero-order valence-corrected chi connectivity index (χ0v) is 12.4. The van der Waals surface area contributed by atoms with Crippen LogP contribution >= 0.6 is 15.9 Å². The van der Waals surface area contributed by atoms with E-state index in [4.69, 9.17) is 10.6 Å². The van der Waals surface area contributed by atoms with Gasteiger partial charge in [0.25, 0.3) is 0 Å². The number of aryl methyl sites for hydroxylation is 1. The Labute approximate surface area is 117 Å². The molecule has 3 nitrogen and oxygen atoms in total. The first-order chi connectivity index (χ1) is 8.72. The highest BCUT2D eigenvalue weighted by Gasteiger charge is 2.21. The predicted molar refractivity (Wildman–Crippen MR) is 77.1 cm³/mol. The van der Waals surface area contributed by atoms with E-state index in [1.165, 1.54) is 15.6 Å². The minimum absolute atomic E-state index is 0.211. The van der Waals surface area contributed by atoms with Crippen LogP contribution in [0.15, 0.2) is 22.7 Å². The first-order valence-electron chi connectivity index (χ1n) is 6.51. The van der Waals surface area contributed by atoms with Gasteiger partial charge in [-0.2, -0.15) is 0 Å². The summed E-state index contributed by atoms with van der Waals surface area (Å²) in [5, 5.41) is 0. The van der Waals surface area contributed by atoms with Gasteiger partial charge in [0, 0.05) is 23.7 Å². The van der Waals surface area contributed by atoms with Crippen LogP contribution < -0.4 is 11.3 Å². The summed E-state index contributed by atoms with van der Waals surface area (Å²) in [6, 6.07) is 6.54. The second kappa shape index (κ2) is 6.66. The van der Waals surface area contributed by atoms with Gasteiger partial charge in [-0.05, 0) is 43.2 Å². The van der Waals surface area contributed by atoms with Crippen LogP contribution in [0.1, 0.15) is 36.4 Å². The monoisotopic (exact) mass is 312 g/mol. The molecule has 4 heteroatoms. The van der Waals surface area contributed by atoms with Gasteiger partial charge in [-0.25, -0.2) is 0 Å². The Kier molecular flexibility index (Phi) is 5.18. The van der Waals surface area contributed by atoms with Crippen LogP contribution in [0.2, 0.25) is 0 Å². The number of nitrogens with one attached hydrogen (secondary N) is 1. The van der Waals surface area contributed by atoms with Gasteiger partial charge in [0.05, 0.1) is 0 Å². The summed E-state index contributed by atoms with van der Waals surface area (Å²) in [5.41, 5.74) is 5.47. The lowest BCUT2D eigenvalue weighted by Crippen LogP contribution is -2.31. The molecule has 100 valence electrons. The van der Waals surface area contributed by atoms with Crippen LogP contribution in [0.4, 0.5) is 0 Å². The SMILES string of the molecule is Cc1cccc(C(CC2CCOCC2)NN)c1Br. The summed E-state index contributed by atoms with van der Waals surface area (Å²) in [7, 11) is 0. The minimum Gasteiger partial charge on any atom is -0.381 e. The highest BCUT2D eigenvalue weighted by Crippen LogP contribution is 2.32. The molecule has 0 saturated carbocycles. The van der Waals surface area contributed by atoms with Crippen molar-refractivity contribution in [1.82, 2.24) is 5.43 Å². The third-order valence-corrected chi connectivity index (χ3v) is 4.79. The molecule has 1 heterocycles. The van der Waals surface area contributed by atoms with E-state index in [9.17, 15) is 0 Å². The molecule has 2 rings (SSSR count). The minimum atomic E-state index is 0.211. The van der Waals surface area contributed by atoms with E-state index in [2.05, 4.69) is 46.5 Å². The van der Waals surface area contributed by atoms with Crippen molar-refractivity contribution >= 4 is 15.9 Å². The van der Waals surface area contributed by atoms with Crippen LogP contribution in [-0.2, 0) is 4.74 Å². The van der Waals surface area contributed by atoms with Crippen molar-refractivity contribution in [2.24, 2.45) is 11.8 Å². The number of hydrogen-bond donors (Lipinski definition) is 2. The third kappa shape index (κ3) is 3.32. The lowest BCUT2D eigenvalue weighted by Gasteiger charge is -2.27. The Balaban J connectivity index is 2.09. The maximum absolute atomic E-state index is 5.74. The van der Waals surface area contributed by atoms with Crippen molar-refractivity contribution in [3.63, 3.8) is 0 Å². The Morgan fingerprint density at radius 1 is 1.44 bits per heavy atom. The number of hydrazine groups is 1. The first-order valence-corrected chi connectivity index (χ1v) is 7.30. The molecule has 0 aromatic heterocycles. The quantitative estimate of drug-likeness (QED) is 0.663. The molecule has 18 heavy (non-hydrogen) atoms. The number of hydrogen-bond acceptors (Lipinski definition) is 3. The number of rotatable bonds is 4. The third-order valence-electron chi connectivity index (χ3n) is 3.71. The Morgan fingerprint density at radius 2 is 2.17 bits per heavy atom. The summed E-state index contributed by atoms with van der Waals surface area (Å²) < 4.78 is 6.57. The van der Waals surface area contributed by atoms with E-state index < -0.39 is 0 Å². The van der Waals surface area contributed by atoms with Crippen molar-refractivity contribution in [3.8, 4) is 0 Å². The summed E-state index contributed by atoms with van der Waals surface area (Å²) in [6.45, 7) is 3.88. The molecule has 1 atom stereocenters. The van der Waals surface area contributed by atoms with Gasteiger partial charge in [-0.15, -0.1) is 0 Å². The standard InChI is InChI=1S/C14H21BrN2O/c1-10-3-2-4-12(14(10)15)13(17-16)9-11-5-7-18-8-6-11/h2-4,11,13,17H,5-9,16H2,1H3. The zero-order chi connectivity index (χ0) is 13.0. The molecule has 1 aromatic carbocycles. The lowest BCUT2D eigenvalue weighted by atomic mass is 9.89. The van der Waals surface area contributed by atoms with Crippen LogP contribution in [0.5, 0.6) is 0 Å². The molecule has 1 fully saturated rings. The molecule has 0 bridgehead atoms. The van der Waals surface area contributed by atoms with Gasteiger partial charge in [0.15, 0.2) is 0 Å². The van der Waals surface area contributed by atoms with E-state index in [0.29, 0.717) is 5.92 Å². The molecule has 0 radical (unpaired) electrons. The normalized spacial score (nSPS) is 18.8. The molecule has 0 aliphatic carbocycles. The van der Waals surface area contributed by atoms with Crippen molar-refractivity contribution < 1.29 is 4.74 Å².